The number of hydrogen-bond donors (Lipinski definition) is 0. The fourth-order valence-electron chi connectivity index (χ4n) is 4.60. The molecule has 1 atom stereocenters. The molecule has 6 nitrogen and oxygen atoms in total. The molecule has 0 saturated carbocycles. The topological polar surface area (TPSA) is 66.9 Å². The highest BCUT2D eigenvalue weighted by atomic mass is 16.5. The van der Waals surface area contributed by atoms with Gasteiger partial charge in [0.05, 0.1) is 5.92 Å². The smallest absolute Gasteiger partial charge is 0.309 e. The predicted molar refractivity (Wildman–Crippen MR) is 122 cm³/mol. The number of aryl methyl sites for hydroxylation is 2. The number of carbonyl (C=O) groups excluding carboxylic acids is 3. The fraction of sp³-hybridized carbons (Fsp3) is 0.423. The van der Waals surface area contributed by atoms with Crippen molar-refractivity contribution in [2.45, 2.75) is 45.6 Å². The summed E-state index contributed by atoms with van der Waals surface area (Å²) in [5.74, 6) is -0.821. The first-order valence-corrected chi connectivity index (χ1v) is 11.4. The molecule has 0 bridgehead atoms. The number of ether oxygens (including phenoxy) is 1. The van der Waals surface area contributed by atoms with E-state index in [9.17, 15) is 14.4 Å². The lowest BCUT2D eigenvalue weighted by atomic mass is 9.96. The van der Waals surface area contributed by atoms with E-state index in [4.69, 9.17) is 4.74 Å². The van der Waals surface area contributed by atoms with E-state index >= 15 is 0 Å². The Morgan fingerprint density at radius 1 is 0.969 bits per heavy atom. The van der Waals surface area contributed by atoms with Crippen molar-refractivity contribution in [2.75, 3.05) is 24.5 Å². The highest BCUT2D eigenvalue weighted by Crippen LogP contribution is 2.28. The minimum Gasteiger partial charge on any atom is -0.452 e. The predicted octanol–water partition coefficient (Wildman–Crippen LogP) is 3.76. The molecule has 32 heavy (non-hydrogen) atoms. The third-order valence-corrected chi connectivity index (χ3v) is 6.51. The summed E-state index contributed by atoms with van der Waals surface area (Å²) in [6, 6.07) is 15.4. The molecule has 2 amide bonds. The maximum Gasteiger partial charge on any atom is 0.309 e. The second kappa shape index (κ2) is 9.55. The Balaban J connectivity index is 1.32. The van der Waals surface area contributed by atoms with Crippen molar-refractivity contribution >= 4 is 23.5 Å². The summed E-state index contributed by atoms with van der Waals surface area (Å²) in [6.45, 7) is 5.23. The van der Waals surface area contributed by atoms with Gasteiger partial charge in [0.25, 0.3) is 11.8 Å². The number of para-hydroxylation sites is 1. The standard InChI is InChI=1S/C26H30N2O4/c1-18-8-3-5-11-22(18)25(30)27-16-13-21(14-17-27)26(31)32-19(2)24(29)28-15-7-10-20-9-4-6-12-23(20)28/h3-6,8-9,11-12,19,21H,7,10,13-17H2,1-2H3/t19-/m1/s1. The van der Waals surface area contributed by atoms with Crippen LogP contribution in [0.5, 0.6) is 0 Å². The van der Waals surface area contributed by atoms with Gasteiger partial charge < -0.3 is 14.5 Å². The quantitative estimate of drug-likeness (QED) is 0.688. The van der Waals surface area contributed by atoms with Crippen molar-refractivity contribution in [1.29, 1.82) is 0 Å². The van der Waals surface area contributed by atoms with Gasteiger partial charge in [0.1, 0.15) is 0 Å². The number of likely N-dealkylation sites (tertiary alicyclic amines) is 1. The van der Waals surface area contributed by atoms with Crippen LogP contribution in [0.1, 0.15) is 47.7 Å². The van der Waals surface area contributed by atoms with Crippen molar-refractivity contribution in [3.8, 4) is 0 Å². The summed E-state index contributed by atoms with van der Waals surface area (Å²) in [4.78, 5) is 42.1. The van der Waals surface area contributed by atoms with Crippen LogP contribution in [0.2, 0.25) is 0 Å². The minimum absolute atomic E-state index is 0.00206. The molecule has 0 aromatic heterocycles. The second-order valence-corrected chi connectivity index (χ2v) is 8.68. The average Bonchev–Trinajstić information content (AvgIpc) is 2.83. The molecule has 6 heteroatoms. The van der Waals surface area contributed by atoms with Gasteiger partial charge in [-0.3, -0.25) is 14.4 Å². The van der Waals surface area contributed by atoms with E-state index < -0.39 is 6.10 Å². The molecular formula is C26H30N2O4. The van der Waals surface area contributed by atoms with Crippen LogP contribution in [0, 0.1) is 12.8 Å². The molecule has 2 aromatic rings. The lowest BCUT2D eigenvalue weighted by molar-refractivity contribution is -0.159. The van der Waals surface area contributed by atoms with Crippen LogP contribution < -0.4 is 4.90 Å². The van der Waals surface area contributed by atoms with E-state index in [2.05, 4.69) is 0 Å². The number of piperidine rings is 1. The third-order valence-electron chi connectivity index (χ3n) is 6.51. The average molecular weight is 435 g/mol. The Bertz CT molecular complexity index is 1010. The summed E-state index contributed by atoms with van der Waals surface area (Å²) in [7, 11) is 0. The van der Waals surface area contributed by atoms with Gasteiger partial charge in [0.15, 0.2) is 6.10 Å². The molecule has 2 heterocycles. The summed E-state index contributed by atoms with van der Waals surface area (Å²) < 4.78 is 5.59. The number of fused-ring (bicyclic) bond motifs is 1. The Hall–Kier alpha value is -3.15. The van der Waals surface area contributed by atoms with Crippen LogP contribution in [0.25, 0.3) is 0 Å². The summed E-state index contributed by atoms with van der Waals surface area (Å²) >= 11 is 0. The largest absolute Gasteiger partial charge is 0.452 e. The highest BCUT2D eigenvalue weighted by molar-refractivity contribution is 5.98. The third kappa shape index (κ3) is 4.54. The van der Waals surface area contributed by atoms with Gasteiger partial charge >= 0.3 is 5.97 Å². The lowest BCUT2D eigenvalue weighted by Gasteiger charge is -2.33. The van der Waals surface area contributed by atoms with Gasteiger partial charge in [-0.05, 0) is 62.8 Å². The van der Waals surface area contributed by atoms with E-state index in [-0.39, 0.29) is 23.7 Å². The van der Waals surface area contributed by atoms with Crippen molar-refractivity contribution < 1.29 is 19.1 Å². The minimum atomic E-state index is -0.833. The normalized spacial score (nSPS) is 17.4. The number of amides is 2. The number of anilines is 1. The molecule has 4 rings (SSSR count). The Morgan fingerprint density at radius 2 is 1.66 bits per heavy atom. The van der Waals surface area contributed by atoms with Crippen LogP contribution in [0.4, 0.5) is 5.69 Å². The second-order valence-electron chi connectivity index (χ2n) is 8.68. The summed E-state index contributed by atoms with van der Waals surface area (Å²) in [6.07, 6.45) is 2.11. The number of carbonyl (C=O) groups is 3. The molecule has 0 N–H and O–H groups in total. The lowest BCUT2D eigenvalue weighted by Crippen LogP contribution is -2.45. The van der Waals surface area contributed by atoms with E-state index in [1.165, 1.54) is 0 Å². The molecule has 2 aliphatic heterocycles. The maximum absolute atomic E-state index is 13.0. The van der Waals surface area contributed by atoms with Gasteiger partial charge in [0.2, 0.25) is 0 Å². The van der Waals surface area contributed by atoms with Crippen molar-refractivity contribution in [3.05, 3.63) is 65.2 Å². The SMILES string of the molecule is Cc1ccccc1C(=O)N1CCC(C(=O)O[C@H](C)C(=O)N2CCCc3ccccc32)CC1. The van der Waals surface area contributed by atoms with Crippen LogP contribution in [-0.4, -0.2) is 48.4 Å². The Kier molecular flexibility index (Phi) is 6.58. The molecule has 2 aromatic carbocycles. The monoisotopic (exact) mass is 434 g/mol. The van der Waals surface area contributed by atoms with Crippen LogP contribution in [0.3, 0.4) is 0 Å². The van der Waals surface area contributed by atoms with E-state index in [1.807, 2.05) is 55.5 Å². The number of hydrogen-bond acceptors (Lipinski definition) is 4. The molecule has 2 aliphatic rings. The summed E-state index contributed by atoms with van der Waals surface area (Å²) in [5, 5.41) is 0. The van der Waals surface area contributed by atoms with Gasteiger partial charge in [-0.1, -0.05) is 36.4 Å². The van der Waals surface area contributed by atoms with Crippen LogP contribution in [-0.2, 0) is 20.7 Å². The van der Waals surface area contributed by atoms with Crippen molar-refractivity contribution in [1.82, 2.24) is 4.90 Å². The zero-order valence-corrected chi connectivity index (χ0v) is 18.8. The van der Waals surface area contributed by atoms with E-state index in [0.29, 0.717) is 38.0 Å². The first-order valence-electron chi connectivity index (χ1n) is 11.4. The Labute approximate surface area is 189 Å². The highest BCUT2D eigenvalue weighted by Gasteiger charge is 2.33. The maximum atomic E-state index is 13.0. The zero-order valence-electron chi connectivity index (χ0n) is 18.8. The molecule has 0 spiro atoms. The van der Waals surface area contributed by atoms with E-state index in [0.717, 1.165) is 29.7 Å². The number of benzene rings is 2. The molecule has 0 aliphatic carbocycles. The zero-order chi connectivity index (χ0) is 22.7. The first-order chi connectivity index (χ1) is 15.5. The molecule has 168 valence electrons. The molecular weight excluding hydrogens is 404 g/mol. The van der Waals surface area contributed by atoms with E-state index in [1.54, 1.807) is 16.7 Å². The Morgan fingerprint density at radius 3 is 2.41 bits per heavy atom. The number of rotatable bonds is 4. The first kappa shape index (κ1) is 22.1. The van der Waals surface area contributed by atoms with Gasteiger partial charge in [-0.25, -0.2) is 0 Å². The van der Waals surface area contributed by atoms with Gasteiger partial charge in [-0.15, -0.1) is 0 Å². The van der Waals surface area contributed by atoms with Crippen LogP contribution in [0.15, 0.2) is 48.5 Å². The van der Waals surface area contributed by atoms with Crippen molar-refractivity contribution in [2.24, 2.45) is 5.92 Å². The number of esters is 1. The molecule has 1 saturated heterocycles. The van der Waals surface area contributed by atoms with Gasteiger partial charge in [-0.2, -0.15) is 0 Å². The molecule has 1 fully saturated rings. The summed E-state index contributed by atoms with van der Waals surface area (Å²) in [5.41, 5.74) is 3.71. The molecule has 0 radical (unpaired) electrons. The number of nitrogens with zero attached hydrogens (tertiary/aromatic N) is 2. The van der Waals surface area contributed by atoms with Crippen LogP contribution >= 0.6 is 0 Å². The fourth-order valence-corrected chi connectivity index (χ4v) is 4.60. The van der Waals surface area contributed by atoms with Crippen molar-refractivity contribution in [3.63, 3.8) is 0 Å². The molecule has 0 unspecified atom stereocenters. The van der Waals surface area contributed by atoms with Gasteiger partial charge in [0, 0.05) is 30.9 Å².